The SMILES string of the molecule is Cc1cc(C(C)C)nc(NC(C)CCCl)n1. The second kappa shape index (κ2) is 6.04. The van der Waals surface area contributed by atoms with Crippen molar-refractivity contribution in [3.63, 3.8) is 0 Å². The minimum absolute atomic E-state index is 0.305. The minimum Gasteiger partial charge on any atom is -0.352 e. The van der Waals surface area contributed by atoms with Gasteiger partial charge >= 0.3 is 0 Å². The summed E-state index contributed by atoms with van der Waals surface area (Å²) >= 11 is 5.69. The van der Waals surface area contributed by atoms with E-state index < -0.39 is 0 Å². The van der Waals surface area contributed by atoms with Gasteiger partial charge in [-0.3, -0.25) is 0 Å². The largest absolute Gasteiger partial charge is 0.352 e. The minimum atomic E-state index is 0.305. The number of halogens is 1. The highest BCUT2D eigenvalue weighted by molar-refractivity contribution is 6.17. The molecule has 0 fully saturated rings. The van der Waals surface area contributed by atoms with Crippen LogP contribution in [0, 0.1) is 6.92 Å². The zero-order valence-corrected chi connectivity index (χ0v) is 11.2. The lowest BCUT2D eigenvalue weighted by Gasteiger charge is -2.14. The van der Waals surface area contributed by atoms with E-state index in [2.05, 4.69) is 36.1 Å². The number of aromatic nitrogens is 2. The van der Waals surface area contributed by atoms with E-state index in [1.807, 2.05) is 13.0 Å². The molecule has 0 radical (unpaired) electrons. The molecule has 16 heavy (non-hydrogen) atoms. The van der Waals surface area contributed by atoms with Gasteiger partial charge in [-0.25, -0.2) is 9.97 Å². The molecular formula is C12H20ClN3. The van der Waals surface area contributed by atoms with Gasteiger partial charge in [-0.05, 0) is 32.3 Å². The molecule has 1 N–H and O–H groups in total. The molecule has 0 amide bonds. The maximum atomic E-state index is 5.69. The fourth-order valence-corrected chi connectivity index (χ4v) is 1.74. The van der Waals surface area contributed by atoms with Crippen molar-refractivity contribution < 1.29 is 0 Å². The fraction of sp³-hybridized carbons (Fsp3) is 0.667. The molecule has 0 aliphatic heterocycles. The third-order valence-electron chi connectivity index (χ3n) is 2.38. The number of aryl methyl sites for hydroxylation is 1. The summed E-state index contributed by atoms with van der Waals surface area (Å²) in [6.07, 6.45) is 0.913. The number of rotatable bonds is 5. The Morgan fingerprint density at radius 2 is 2.00 bits per heavy atom. The topological polar surface area (TPSA) is 37.8 Å². The van der Waals surface area contributed by atoms with E-state index in [4.69, 9.17) is 11.6 Å². The molecule has 0 saturated heterocycles. The second-order valence-electron chi connectivity index (χ2n) is 4.44. The molecule has 0 aliphatic rings. The van der Waals surface area contributed by atoms with E-state index in [9.17, 15) is 0 Å². The van der Waals surface area contributed by atoms with Gasteiger partial charge in [0.1, 0.15) is 0 Å². The second-order valence-corrected chi connectivity index (χ2v) is 4.81. The molecule has 4 heteroatoms. The zero-order valence-electron chi connectivity index (χ0n) is 10.4. The van der Waals surface area contributed by atoms with E-state index >= 15 is 0 Å². The lowest BCUT2D eigenvalue weighted by Crippen LogP contribution is -2.18. The Morgan fingerprint density at radius 3 is 2.56 bits per heavy atom. The van der Waals surface area contributed by atoms with Crippen LogP contribution in [0.15, 0.2) is 6.07 Å². The molecule has 90 valence electrons. The molecule has 1 rings (SSSR count). The Bertz CT molecular complexity index is 339. The summed E-state index contributed by atoms with van der Waals surface area (Å²) in [7, 11) is 0. The molecule has 0 aromatic carbocycles. The standard InChI is InChI=1S/C12H20ClN3/c1-8(2)11-7-10(4)15-12(16-11)14-9(3)5-6-13/h7-9H,5-6H2,1-4H3,(H,14,15,16). The van der Waals surface area contributed by atoms with Crippen molar-refractivity contribution in [2.75, 3.05) is 11.2 Å². The van der Waals surface area contributed by atoms with Crippen LogP contribution >= 0.6 is 11.6 Å². The van der Waals surface area contributed by atoms with Crippen LogP contribution < -0.4 is 5.32 Å². The summed E-state index contributed by atoms with van der Waals surface area (Å²) in [5, 5.41) is 3.27. The molecule has 0 spiro atoms. The van der Waals surface area contributed by atoms with Gasteiger partial charge in [0.25, 0.3) is 0 Å². The van der Waals surface area contributed by atoms with Crippen molar-refractivity contribution in [2.24, 2.45) is 0 Å². The summed E-state index contributed by atoms with van der Waals surface area (Å²) < 4.78 is 0. The average Bonchev–Trinajstić information content (AvgIpc) is 2.16. The van der Waals surface area contributed by atoms with Crippen LogP contribution in [-0.2, 0) is 0 Å². The van der Waals surface area contributed by atoms with Crippen LogP contribution in [0.2, 0.25) is 0 Å². The Labute approximate surface area is 103 Å². The van der Waals surface area contributed by atoms with Crippen LogP contribution in [-0.4, -0.2) is 21.9 Å². The molecule has 0 saturated carbocycles. The number of alkyl halides is 1. The number of anilines is 1. The van der Waals surface area contributed by atoms with Gasteiger partial charge < -0.3 is 5.32 Å². The molecular weight excluding hydrogens is 222 g/mol. The summed E-state index contributed by atoms with van der Waals surface area (Å²) in [6, 6.07) is 2.33. The first-order valence-electron chi connectivity index (χ1n) is 5.71. The monoisotopic (exact) mass is 241 g/mol. The molecule has 1 aromatic rings. The highest BCUT2D eigenvalue weighted by atomic mass is 35.5. The molecule has 1 atom stereocenters. The lowest BCUT2D eigenvalue weighted by molar-refractivity contribution is 0.745. The fourth-order valence-electron chi connectivity index (χ4n) is 1.41. The Kier molecular flexibility index (Phi) is 5.00. The number of nitrogens with one attached hydrogen (secondary N) is 1. The van der Waals surface area contributed by atoms with Crippen molar-refractivity contribution in [1.29, 1.82) is 0 Å². The van der Waals surface area contributed by atoms with Gasteiger partial charge in [0, 0.05) is 23.3 Å². The van der Waals surface area contributed by atoms with Crippen LogP contribution in [0.1, 0.15) is 44.5 Å². The summed E-state index contributed by atoms with van der Waals surface area (Å²) in [5.74, 6) is 1.78. The number of hydrogen-bond donors (Lipinski definition) is 1. The van der Waals surface area contributed by atoms with Crippen molar-refractivity contribution in [3.8, 4) is 0 Å². The van der Waals surface area contributed by atoms with Gasteiger partial charge in [0.15, 0.2) is 0 Å². The predicted octanol–water partition coefficient (Wildman–Crippen LogP) is 3.34. The summed E-state index contributed by atoms with van der Waals surface area (Å²) in [5.41, 5.74) is 2.08. The summed E-state index contributed by atoms with van der Waals surface area (Å²) in [4.78, 5) is 8.86. The van der Waals surface area contributed by atoms with Crippen molar-refractivity contribution in [2.45, 2.75) is 46.1 Å². The van der Waals surface area contributed by atoms with Crippen molar-refractivity contribution >= 4 is 17.5 Å². The third-order valence-corrected chi connectivity index (χ3v) is 2.60. The quantitative estimate of drug-likeness (QED) is 0.804. The highest BCUT2D eigenvalue weighted by Gasteiger charge is 2.08. The third kappa shape index (κ3) is 3.97. The van der Waals surface area contributed by atoms with Gasteiger partial charge in [-0.15, -0.1) is 11.6 Å². The summed E-state index contributed by atoms with van der Waals surface area (Å²) in [6.45, 7) is 8.34. The normalized spacial score (nSPS) is 12.9. The van der Waals surface area contributed by atoms with E-state index in [-0.39, 0.29) is 0 Å². The van der Waals surface area contributed by atoms with E-state index in [0.29, 0.717) is 23.8 Å². The van der Waals surface area contributed by atoms with E-state index in [1.54, 1.807) is 0 Å². The maximum Gasteiger partial charge on any atom is 0.223 e. The van der Waals surface area contributed by atoms with Crippen LogP contribution in [0.5, 0.6) is 0 Å². The first-order valence-corrected chi connectivity index (χ1v) is 6.24. The molecule has 3 nitrogen and oxygen atoms in total. The predicted molar refractivity (Wildman–Crippen MR) is 69.3 cm³/mol. The van der Waals surface area contributed by atoms with E-state index in [1.165, 1.54) is 0 Å². The maximum absolute atomic E-state index is 5.69. The van der Waals surface area contributed by atoms with Crippen LogP contribution in [0.3, 0.4) is 0 Å². The Hall–Kier alpha value is -0.830. The van der Waals surface area contributed by atoms with Crippen LogP contribution in [0.25, 0.3) is 0 Å². The first kappa shape index (κ1) is 13.2. The average molecular weight is 242 g/mol. The van der Waals surface area contributed by atoms with Gasteiger partial charge in [-0.1, -0.05) is 13.8 Å². The first-order chi connectivity index (χ1) is 7.52. The number of nitrogens with zero attached hydrogens (tertiary/aromatic N) is 2. The Morgan fingerprint density at radius 1 is 1.31 bits per heavy atom. The van der Waals surface area contributed by atoms with E-state index in [0.717, 1.165) is 17.8 Å². The highest BCUT2D eigenvalue weighted by Crippen LogP contribution is 2.15. The molecule has 1 unspecified atom stereocenters. The van der Waals surface area contributed by atoms with Gasteiger partial charge in [-0.2, -0.15) is 0 Å². The lowest BCUT2D eigenvalue weighted by atomic mass is 10.1. The van der Waals surface area contributed by atoms with Gasteiger partial charge in [0.05, 0.1) is 0 Å². The smallest absolute Gasteiger partial charge is 0.223 e. The van der Waals surface area contributed by atoms with Crippen LogP contribution in [0.4, 0.5) is 5.95 Å². The van der Waals surface area contributed by atoms with Crippen molar-refractivity contribution in [1.82, 2.24) is 9.97 Å². The molecule has 0 bridgehead atoms. The van der Waals surface area contributed by atoms with Gasteiger partial charge in [0.2, 0.25) is 5.95 Å². The number of hydrogen-bond acceptors (Lipinski definition) is 3. The zero-order chi connectivity index (χ0) is 12.1. The molecule has 1 heterocycles. The molecule has 1 aromatic heterocycles. The van der Waals surface area contributed by atoms with Crippen molar-refractivity contribution in [3.05, 3.63) is 17.5 Å². The molecule has 0 aliphatic carbocycles. The Balaban J connectivity index is 2.80.